The normalized spacial score (nSPS) is 9.93. The summed E-state index contributed by atoms with van der Waals surface area (Å²) >= 11 is 0. The van der Waals surface area contributed by atoms with Gasteiger partial charge in [-0.2, -0.15) is 0 Å². The number of nitrogens with two attached hydrogens (primary N) is 1. The number of hydrogen-bond acceptors (Lipinski definition) is 1. The van der Waals surface area contributed by atoms with Crippen molar-refractivity contribution in [1.82, 2.24) is 0 Å². The van der Waals surface area contributed by atoms with Crippen LogP contribution in [-0.4, -0.2) is 13.0 Å². The van der Waals surface area contributed by atoms with E-state index in [9.17, 15) is 0 Å². The van der Waals surface area contributed by atoms with Crippen molar-refractivity contribution in [1.29, 1.82) is 5.41 Å². The lowest BCUT2D eigenvalue weighted by Crippen LogP contribution is -2.33. The van der Waals surface area contributed by atoms with Gasteiger partial charge >= 0.3 is 0 Å². The van der Waals surface area contributed by atoms with Gasteiger partial charge in [0.2, 0.25) is 0 Å². The van der Waals surface area contributed by atoms with Crippen molar-refractivity contribution in [2.24, 2.45) is 5.73 Å². The fourth-order valence-corrected chi connectivity index (χ4v) is 1.61. The lowest BCUT2D eigenvalue weighted by atomic mass is 10.1. The molecule has 0 aliphatic rings. The summed E-state index contributed by atoms with van der Waals surface area (Å²) in [5.74, 6) is 0.0778. The number of rotatable bonds is 2. The predicted molar refractivity (Wildman–Crippen MR) is 60.9 cm³/mol. The van der Waals surface area contributed by atoms with Crippen LogP contribution in [0.25, 0.3) is 0 Å². The zero-order chi connectivity index (χ0) is 10.7. The summed E-state index contributed by atoms with van der Waals surface area (Å²) in [6, 6.07) is 6.14. The monoisotopic (exact) mass is 191 g/mol. The summed E-state index contributed by atoms with van der Waals surface area (Å²) in [5, 5.41) is 7.41. The van der Waals surface area contributed by atoms with Gasteiger partial charge in [-0.15, -0.1) is 0 Å². The Morgan fingerprint density at radius 2 is 2.14 bits per heavy atom. The smallest absolute Gasteiger partial charge is 0.192 e. The number of anilines is 1. The average Bonchev–Trinajstić information content (AvgIpc) is 2.16. The molecule has 3 nitrogen and oxygen atoms in total. The fourth-order valence-electron chi connectivity index (χ4n) is 1.61. The minimum atomic E-state index is 0.0778. The molecule has 0 unspecified atom stereocenters. The second-order valence-electron chi connectivity index (χ2n) is 3.38. The van der Waals surface area contributed by atoms with Gasteiger partial charge in [0.1, 0.15) is 0 Å². The summed E-state index contributed by atoms with van der Waals surface area (Å²) in [6.45, 7) is 4.14. The predicted octanol–water partition coefficient (Wildman–Crippen LogP) is 1.89. The van der Waals surface area contributed by atoms with Crippen molar-refractivity contribution in [3.05, 3.63) is 29.3 Å². The molecule has 0 aliphatic carbocycles. The van der Waals surface area contributed by atoms with Gasteiger partial charge in [0, 0.05) is 12.7 Å². The van der Waals surface area contributed by atoms with Crippen LogP contribution in [0, 0.1) is 12.3 Å². The quantitative estimate of drug-likeness (QED) is 0.554. The zero-order valence-corrected chi connectivity index (χ0v) is 8.96. The lowest BCUT2D eigenvalue weighted by molar-refractivity contribution is 1.08. The van der Waals surface area contributed by atoms with Gasteiger partial charge in [-0.05, 0) is 24.5 Å². The van der Waals surface area contributed by atoms with E-state index in [1.165, 1.54) is 5.56 Å². The third-order valence-corrected chi connectivity index (χ3v) is 2.40. The molecular weight excluding hydrogens is 174 g/mol. The van der Waals surface area contributed by atoms with E-state index in [0.29, 0.717) is 0 Å². The number of nitrogens with zero attached hydrogens (tertiary/aromatic N) is 1. The molecule has 1 rings (SSSR count). The largest absolute Gasteiger partial charge is 0.370 e. The van der Waals surface area contributed by atoms with Gasteiger partial charge in [-0.1, -0.05) is 25.1 Å². The summed E-state index contributed by atoms with van der Waals surface area (Å²) in [6.07, 6.45) is 0.953. The standard InChI is InChI=1S/C11H17N3/c1-4-9-7-5-6-8(2)10(9)14(3)11(12)13/h5-7H,4H2,1-3H3,(H3,12,13). The molecule has 0 heterocycles. The van der Waals surface area contributed by atoms with Crippen molar-refractivity contribution in [3.8, 4) is 0 Å². The molecule has 76 valence electrons. The third kappa shape index (κ3) is 1.87. The second-order valence-corrected chi connectivity index (χ2v) is 3.38. The van der Waals surface area contributed by atoms with E-state index < -0.39 is 0 Å². The number of guanidine groups is 1. The second kappa shape index (κ2) is 4.13. The number of hydrogen-bond donors (Lipinski definition) is 2. The van der Waals surface area contributed by atoms with Crippen molar-refractivity contribution < 1.29 is 0 Å². The van der Waals surface area contributed by atoms with Crippen LogP contribution in [0.15, 0.2) is 18.2 Å². The molecule has 3 N–H and O–H groups in total. The topological polar surface area (TPSA) is 53.1 Å². The molecular formula is C11H17N3. The zero-order valence-electron chi connectivity index (χ0n) is 8.96. The fraction of sp³-hybridized carbons (Fsp3) is 0.364. The minimum absolute atomic E-state index is 0.0778. The maximum Gasteiger partial charge on any atom is 0.192 e. The van der Waals surface area contributed by atoms with E-state index in [1.54, 1.807) is 4.90 Å². The Bertz CT molecular complexity index is 344. The molecule has 0 amide bonds. The third-order valence-electron chi connectivity index (χ3n) is 2.40. The van der Waals surface area contributed by atoms with E-state index >= 15 is 0 Å². The molecule has 0 aromatic heterocycles. The van der Waals surface area contributed by atoms with Crippen LogP contribution in [0.5, 0.6) is 0 Å². The number of aryl methyl sites for hydroxylation is 2. The molecule has 0 radical (unpaired) electrons. The van der Waals surface area contributed by atoms with E-state index in [1.807, 2.05) is 26.1 Å². The highest BCUT2D eigenvalue weighted by Crippen LogP contribution is 2.24. The molecule has 0 saturated heterocycles. The lowest BCUT2D eigenvalue weighted by Gasteiger charge is -2.22. The van der Waals surface area contributed by atoms with Crippen LogP contribution < -0.4 is 10.6 Å². The minimum Gasteiger partial charge on any atom is -0.370 e. The van der Waals surface area contributed by atoms with E-state index in [4.69, 9.17) is 11.1 Å². The first kappa shape index (κ1) is 10.6. The highest BCUT2D eigenvalue weighted by molar-refractivity contribution is 5.93. The Morgan fingerprint density at radius 1 is 1.50 bits per heavy atom. The Morgan fingerprint density at radius 3 is 2.64 bits per heavy atom. The van der Waals surface area contributed by atoms with E-state index in [2.05, 4.69) is 13.0 Å². The maximum absolute atomic E-state index is 7.41. The van der Waals surface area contributed by atoms with Gasteiger partial charge in [0.25, 0.3) is 0 Å². The number of para-hydroxylation sites is 1. The van der Waals surface area contributed by atoms with Crippen LogP contribution in [0.4, 0.5) is 5.69 Å². The van der Waals surface area contributed by atoms with E-state index in [0.717, 1.165) is 17.7 Å². The van der Waals surface area contributed by atoms with Crippen LogP contribution in [-0.2, 0) is 6.42 Å². The highest BCUT2D eigenvalue weighted by Gasteiger charge is 2.10. The summed E-state index contributed by atoms with van der Waals surface area (Å²) in [7, 11) is 1.82. The Balaban J connectivity index is 3.23. The number of benzene rings is 1. The Hall–Kier alpha value is -1.51. The Kier molecular flexibility index (Phi) is 3.12. The molecule has 0 atom stereocenters. The van der Waals surface area contributed by atoms with Crippen molar-refractivity contribution in [3.63, 3.8) is 0 Å². The van der Waals surface area contributed by atoms with Gasteiger partial charge in [-0.25, -0.2) is 0 Å². The van der Waals surface area contributed by atoms with Crippen molar-refractivity contribution in [2.45, 2.75) is 20.3 Å². The summed E-state index contributed by atoms with van der Waals surface area (Å²) in [4.78, 5) is 1.72. The number of nitrogens with one attached hydrogen (secondary N) is 1. The Labute approximate surface area is 85.0 Å². The molecule has 0 saturated carbocycles. The van der Waals surface area contributed by atoms with Crippen LogP contribution in [0.3, 0.4) is 0 Å². The van der Waals surface area contributed by atoms with Crippen LogP contribution in [0.2, 0.25) is 0 Å². The maximum atomic E-state index is 7.41. The highest BCUT2D eigenvalue weighted by atomic mass is 15.2. The van der Waals surface area contributed by atoms with Crippen LogP contribution in [0.1, 0.15) is 18.1 Å². The summed E-state index contributed by atoms with van der Waals surface area (Å²) < 4.78 is 0. The summed E-state index contributed by atoms with van der Waals surface area (Å²) in [5.41, 5.74) is 8.91. The molecule has 0 aliphatic heterocycles. The first-order chi connectivity index (χ1) is 6.57. The molecule has 1 aromatic rings. The van der Waals surface area contributed by atoms with Crippen molar-refractivity contribution >= 4 is 11.6 Å². The van der Waals surface area contributed by atoms with Crippen LogP contribution >= 0.6 is 0 Å². The molecule has 0 spiro atoms. The van der Waals surface area contributed by atoms with Gasteiger partial charge in [0.15, 0.2) is 5.96 Å². The molecule has 14 heavy (non-hydrogen) atoms. The SMILES string of the molecule is CCc1cccc(C)c1N(C)C(=N)N. The average molecular weight is 191 g/mol. The van der Waals surface area contributed by atoms with E-state index in [-0.39, 0.29) is 5.96 Å². The first-order valence-electron chi connectivity index (χ1n) is 4.74. The van der Waals surface area contributed by atoms with Gasteiger partial charge in [-0.3, -0.25) is 5.41 Å². The van der Waals surface area contributed by atoms with Gasteiger partial charge in [0.05, 0.1) is 0 Å². The molecule has 0 fully saturated rings. The van der Waals surface area contributed by atoms with Crippen molar-refractivity contribution in [2.75, 3.05) is 11.9 Å². The molecule has 0 bridgehead atoms. The van der Waals surface area contributed by atoms with Gasteiger partial charge < -0.3 is 10.6 Å². The molecule has 1 aromatic carbocycles. The molecule has 3 heteroatoms. The first-order valence-corrected chi connectivity index (χ1v) is 4.74.